The number of anilines is 1. The Morgan fingerprint density at radius 1 is 1.03 bits per heavy atom. The maximum absolute atomic E-state index is 13.4. The Bertz CT molecular complexity index is 1150. The number of rotatable bonds is 12. The second kappa shape index (κ2) is 13.2. The van der Waals surface area contributed by atoms with Crippen molar-refractivity contribution >= 4 is 43.5 Å². The first-order chi connectivity index (χ1) is 16.8. The van der Waals surface area contributed by atoms with Crippen LogP contribution in [0, 0.1) is 13.8 Å². The molecule has 2 aromatic rings. The molecule has 0 heterocycles. The van der Waals surface area contributed by atoms with Gasteiger partial charge < -0.3 is 10.2 Å². The van der Waals surface area contributed by atoms with E-state index < -0.39 is 16.1 Å². The predicted octanol–water partition coefficient (Wildman–Crippen LogP) is 4.94. The van der Waals surface area contributed by atoms with Crippen LogP contribution in [0.5, 0.6) is 0 Å². The molecule has 2 amide bonds. The molecule has 2 rings (SSSR count). The van der Waals surface area contributed by atoms with Crippen LogP contribution in [0.3, 0.4) is 0 Å². The van der Waals surface area contributed by atoms with Crippen LogP contribution in [0.2, 0.25) is 0 Å². The second-order valence-electron chi connectivity index (χ2n) is 9.35. The van der Waals surface area contributed by atoms with Crippen molar-refractivity contribution in [2.75, 3.05) is 17.1 Å². The van der Waals surface area contributed by atoms with E-state index in [0.717, 1.165) is 27.6 Å². The summed E-state index contributed by atoms with van der Waals surface area (Å²) < 4.78 is 27.3. The van der Waals surface area contributed by atoms with Crippen LogP contribution >= 0.6 is 15.9 Å². The fourth-order valence-corrected chi connectivity index (χ4v) is 4.94. The number of hydrogen-bond acceptors (Lipinski definition) is 4. The van der Waals surface area contributed by atoms with Crippen molar-refractivity contribution in [2.24, 2.45) is 0 Å². The molecule has 36 heavy (non-hydrogen) atoms. The van der Waals surface area contributed by atoms with Gasteiger partial charge in [-0.1, -0.05) is 41.1 Å². The van der Waals surface area contributed by atoms with Crippen molar-refractivity contribution in [3.05, 3.63) is 63.6 Å². The molecule has 0 aliphatic heterocycles. The van der Waals surface area contributed by atoms with Gasteiger partial charge in [-0.2, -0.15) is 0 Å². The Morgan fingerprint density at radius 2 is 1.67 bits per heavy atom. The molecular formula is C27H38BrN3O4S. The van der Waals surface area contributed by atoms with Gasteiger partial charge in [-0.05, 0) is 81.5 Å². The quantitative estimate of drug-likeness (QED) is 0.385. The first-order valence-electron chi connectivity index (χ1n) is 12.2. The fourth-order valence-electron chi connectivity index (χ4n) is 3.72. The van der Waals surface area contributed by atoms with Crippen LogP contribution in [-0.2, 0) is 26.2 Å². The van der Waals surface area contributed by atoms with E-state index in [-0.39, 0.29) is 37.4 Å². The third-order valence-electron chi connectivity index (χ3n) is 6.37. The number of amides is 2. The highest BCUT2D eigenvalue weighted by Crippen LogP contribution is 2.22. The van der Waals surface area contributed by atoms with Gasteiger partial charge in [0.25, 0.3) is 0 Å². The molecule has 2 atom stereocenters. The standard InChI is InChI=1S/C27H38BrN3O4S/c1-7-21(4)29-27(33)22(5)30(18-23-11-13-24(28)14-12-23)26(32)9-8-16-31(36(6,34)35)25-15-10-19(2)20(3)17-25/h10-15,17,21-22H,7-9,16,18H2,1-6H3,(H,29,33)/t21-,22+/m0/s1. The first kappa shape index (κ1) is 29.8. The molecule has 0 aliphatic carbocycles. The summed E-state index contributed by atoms with van der Waals surface area (Å²) in [5.74, 6) is -0.402. The maximum atomic E-state index is 13.4. The van der Waals surface area contributed by atoms with Gasteiger partial charge in [-0.15, -0.1) is 0 Å². The summed E-state index contributed by atoms with van der Waals surface area (Å²) in [6, 6.07) is 12.5. The zero-order valence-corrected chi connectivity index (χ0v) is 24.4. The lowest BCUT2D eigenvalue weighted by Gasteiger charge is -2.30. The van der Waals surface area contributed by atoms with Crippen molar-refractivity contribution in [1.29, 1.82) is 0 Å². The van der Waals surface area contributed by atoms with E-state index in [1.165, 1.54) is 10.6 Å². The molecule has 198 valence electrons. The minimum atomic E-state index is -3.52. The molecule has 0 radical (unpaired) electrons. The van der Waals surface area contributed by atoms with E-state index >= 15 is 0 Å². The van der Waals surface area contributed by atoms with E-state index in [9.17, 15) is 18.0 Å². The summed E-state index contributed by atoms with van der Waals surface area (Å²) in [5, 5.41) is 2.96. The summed E-state index contributed by atoms with van der Waals surface area (Å²) in [6.45, 7) is 10.0. The van der Waals surface area contributed by atoms with Crippen molar-refractivity contribution in [3.8, 4) is 0 Å². The number of nitrogens with one attached hydrogen (secondary N) is 1. The highest BCUT2D eigenvalue weighted by Gasteiger charge is 2.27. The zero-order valence-electron chi connectivity index (χ0n) is 22.0. The molecule has 0 bridgehead atoms. The number of carbonyl (C=O) groups is 2. The van der Waals surface area contributed by atoms with Gasteiger partial charge in [0, 0.05) is 30.0 Å². The highest BCUT2D eigenvalue weighted by molar-refractivity contribution is 9.10. The van der Waals surface area contributed by atoms with Crippen molar-refractivity contribution in [3.63, 3.8) is 0 Å². The topological polar surface area (TPSA) is 86.8 Å². The molecule has 0 aromatic heterocycles. The lowest BCUT2D eigenvalue weighted by Crippen LogP contribution is -2.49. The van der Waals surface area contributed by atoms with Crippen LogP contribution < -0.4 is 9.62 Å². The number of hydrogen-bond donors (Lipinski definition) is 1. The largest absolute Gasteiger partial charge is 0.352 e. The molecule has 1 N–H and O–H groups in total. The first-order valence-corrected chi connectivity index (χ1v) is 14.9. The lowest BCUT2D eigenvalue weighted by atomic mass is 10.1. The molecule has 0 saturated carbocycles. The van der Waals surface area contributed by atoms with Crippen LogP contribution in [-0.4, -0.2) is 50.0 Å². The zero-order chi connectivity index (χ0) is 27.0. The maximum Gasteiger partial charge on any atom is 0.242 e. The third-order valence-corrected chi connectivity index (χ3v) is 8.09. The lowest BCUT2D eigenvalue weighted by molar-refractivity contribution is -0.140. The van der Waals surface area contributed by atoms with E-state index in [2.05, 4.69) is 21.2 Å². The normalized spacial score (nSPS) is 13.1. The van der Waals surface area contributed by atoms with E-state index in [1.807, 2.05) is 64.1 Å². The van der Waals surface area contributed by atoms with E-state index in [0.29, 0.717) is 12.1 Å². The summed E-state index contributed by atoms with van der Waals surface area (Å²) in [4.78, 5) is 27.8. The van der Waals surface area contributed by atoms with Crippen molar-refractivity contribution in [2.45, 2.75) is 72.5 Å². The molecule has 0 aliphatic rings. The number of carbonyl (C=O) groups excluding carboxylic acids is 2. The molecular weight excluding hydrogens is 542 g/mol. The Labute approximate surface area is 224 Å². The monoisotopic (exact) mass is 579 g/mol. The van der Waals surface area contributed by atoms with Gasteiger partial charge in [0.2, 0.25) is 21.8 Å². The van der Waals surface area contributed by atoms with Crippen LogP contribution in [0.4, 0.5) is 5.69 Å². The number of aryl methyl sites for hydroxylation is 2. The van der Waals surface area contributed by atoms with Crippen LogP contribution in [0.1, 0.15) is 56.7 Å². The molecule has 2 aromatic carbocycles. The van der Waals surface area contributed by atoms with E-state index in [1.54, 1.807) is 17.9 Å². The van der Waals surface area contributed by atoms with Crippen molar-refractivity contribution < 1.29 is 18.0 Å². The second-order valence-corrected chi connectivity index (χ2v) is 12.2. The Kier molecular flexibility index (Phi) is 11.0. The average molecular weight is 581 g/mol. The number of halogens is 1. The van der Waals surface area contributed by atoms with Gasteiger partial charge in [0.05, 0.1) is 11.9 Å². The number of nitrogens with zero attached hydrogens (tertiary/aromatic N) is 2. The SMILES string of the molecule is CC[C@H](C)NC(=O)[C@@H](C)N(Cc1ccc(Br)cc1)C(=O)CCCN(c1ccc(C)c(C)c1)S(C)(=O)=O. The average Bonchev–Trinajstić information content (AvgIpc) is 2.81. The Balaban J connectivity index is 2.18. The molecule has 0 unspecified atom stereocenters. The molecule has 0 saturated heterocycles. The van der Waals surface area contributed by atoms with E-state index in [4.69, 9.17) is 0 Å². The minimum absolute atomic E-state index is 0.00543. The van der Waals surface area contributed by atoms with Crippen LogP contribution in [0.25, 0.3) is 0 Å². The molecule has 9 heteroatoms. The third kappa shape index (κ3) is 8.62. The van der Waals surface area contributed by atoms with Gasteiger partial charge in [0.1, 0.15) is 6.04 Å². The van der Waals surface area contributed by atoms with Crippen molar-refractivity contribution in [1.82, 2.24) is 10.2 Å². The summed E-state index contributed by atoms with van der Waals surface area (Å²) >= 11 is 3.42. The minimum Gasteiger partial charge on any atom is -0.352 e. The highest BCUT2D eigenvalue weighted by atomic mass is 79.9. The van der Waals surface area contributed by atoms with Gasteiger partial charge >= 0.3 is 0 Å². The fraction of sp³-hybridized carbons (Fsp3) is 0.481. The predicted molar refractivity (Wildman–Crippen MR) is 149 cm³/mol. The van der Waals surface area contributed by atoms with Gasteiger partial charge in [-0.3, -0.25) is 13.9 Å². The molecule has 7 nitrogen and oxygen atoms in total. The number of benzene rings is 2. The van der Waals surface area contributed by atoms with Crippen LogP contribution in [0.15, 0.2) is 46.9 Å². The summed E-state index contributed by atoms with van der Waals surface area (Å²) in [5.41, 5.74) is 3.57. The Hall–Kier alpha value is -2.39. The summed E-state index contributed by atoms with van der Waals surface area (Å²) in [6.07, 6.45) is 2.41. The molecule has 0 spiro atoms. The Morgan fingerprint density at radius 3 is 2.22 bits per heavy atom. The summed E-state index contributed by atoms with van der Waals surface area (Å²) in [7, 11) is -3.52. The number of sulfonamides is 1. The van der Waals surface area contributed by atoms with Gasteiger partial charge in [0.15, 0.2) is 0 Å². The van der Waals surface area contributed by atoms with Gasteiger partial charge in [-0.25, -0.2) is 8.42 Å². The smallest absolute Gasteiger partial charge is 0.242 e. The molecule has 0 fully saturated rings.